The number of likely N-dealkylation sites (N-methyl/N-ethyl adjacent to an activating group) is 2. The van der Waals surface area contributed by atoms with Crippen molar-refractivity contribution in [1.82, 2.24) is 15.2 Å². The second-order valence-electron chi connectivity index (χ2n) is 5.66. The van der Waals surface area contributed by atoms with Crippen LogP contribution in [0.25, 0.3) is 0 Å². The van der Waals surface area contributed by atoms with Crippen molar-refractivity contribution in [2.75, 3.05) is 19.6 Å². The lowest BCUT2D eigenvalue weighted by atomic mass is 9.83. The van der Waals surface area contributed by atoms with Crippen LogP contribution in [0.5, 0.6) is 0 Å². The molecule has 1 heterocycles. The molecule has 0 aliphatic heterocycles. The molecule has 1 aromatic heterocycles. The second-order valence-corrected chi connectivity index (χ2v) is 6.07. The number of hydrogen-bond donors (Lipinski definition) is 1. The van der Waals surface area contributed by atoms with E-state index in [-0.39, 0.29) is 5.54 Å². The minimum atomic E-state index is 0.117. The SMILES string of the molecule is CCNC(Cc1ccncc1Cl)C(C)(CC)N(CC)CC. The Morgan fingerprint density at radius 3 is 2.43 bits per heavy atom. The van der Waals surface area contributed by atoms with E-state index in [0.717, 1.165) is 37.5 Å². The molecule has 0 aliphatic rings. The largest absolute Gasteiger partial charge is 0.312 e. The number of rotatable bonds is 9. The maximum absolute atomic E-state index is 6.31. The molecule has 4 heteroatoms. The highest BCUT2D eigenvalue weighted by Gasteiger charge is 2.36. The molecule has 1 N–H and O–H groups in total. The Morgan fingerprint density at radius 2 is 1.95 bits per heavy atom. The van der Waals surface area contributed by atoms with Gasteiger partial charge in [0.1, 0.15) is 0 Å². The lowest BCUT2D eigenvalue weighted by molar-refractivity contribution is 0.0707. The van der Waals surface area contributed by atoms with E-state index in [4.69, 9.17) is 11.6 Å². The van der Waals surface area contributed by atoms with Crippen LogP contribution in [0.4, 0.5) is 0 Å². The van der Waals surface area contributed by atoms with Gasteiger partial charge in [-0.05, 0) is 51.0 Å². The number of halogens is 1. The lowest BCUT2D eigenvalue weighted by Crippen LogP contribution is -2.60. The van der Waals surface area contributed by atoms with Gasteiger partial charge in [0.25, 0.3) is 0 Å². The van der Waals surface area contributed by atoms with Crippen LogP contribution >= 0.6 is 11.6 Å². The molecule has 2 unspecified atom stereocenters. The Labute approximate surface area is 135 Å². The quantitative estimate of drug-likeness (QED) is 0.752. The highest BCUT2D eigenvalue weighted by molar-refractivity contribution is 6.31. The molecule has 120 valence electrons. The maximum atomic E-state index is 6.31. The van der Waals surface area contributed by atoms with E-state index in [0.29, 0.717) is 6.04 Å². The van der Waals surface area contributed by atoms with E-state index in [1.165, 1.54) is 5.56 Å². The van der Waals surface area contributed by atoms with Gasteiger partial charge in [-0.15, -0.1) is 0 Å². The molecule has 0 amide bonds. The maximum Gasteiger partial charge on any atom is 0.0621 e. The van der Waals surface area contributed by atoms with Gasteiger partial charge in [0, 0.05) is 24.0 Å². The molecule has 0 radical (unpaired) electrons. The highest BCUT2D eigenvalue weighted by Crippen LogP contribution is 2.27. The monoisotopic (exact) mass is 311 g/mol. The summed E-state index contributed by atoms with van der Waals surface area (Å²) in [6.45, 7) is 14.4. The van der Waals surface area contributed by atoms with Crippen molar-refractivity contribution in [3.63, 3.8) is 0 Å². The van der Waals surface area contributed by atoms with Gasteiger partial charge in [-0.25, -0.2) is 0 Å². The normalized spacial score (nSPS) is 16.0. The third kappa shape index (κ3) is 4.41. The molecule has 1 rings (SSSR count). The molecule has 1 aromatic rings. The summed E-state index contributed by atoms with van der Waals surface area (Å²) in [5, 5.41) is 4.44. The summed E-state index contributed by atoms with van der Waals surface area (Å²) in [5.74, 6) is 0. The van der Waals surface area contributed by atoms with Gasteiger partial charge in [0.05, 0.1) is 5.02 Å². The molecule has 0 spiro atoms. The van der Waals surface area contributed by atoms with E-state index in [2.05, 4.69) is 49.8 Å². The van der Waals surface area contributed by atoms with Gasteiger partial charge in [0.2, 0.25) is 0 Å². The van der Waals surface area contributed by atoms with E-state index in [1.807, 2.05) is 12.3 Å². The summed E-state index contributed by atoms with van der Waals surface area (Å²) in [7, 11) is 0. The molecule has 0 fully saturated rings. The fourth-order valence-electron chi connectivity index (χ4n) is 3.18. The number of pyridine rings is 1. The van der Waals surface area contributed by atoms with Crippen molar-refractivity contribution < 1.29 is 0 Å². The van der Waals surface area contributed by atoms with Crippen LogP contribution in [0, 0.1) is 0 Å². The summed E-state index contributed by atoms with van der Waals surface area (Å²) in [5.41, 5.74) is 1.29. The van der Waals surface area contributed by atoms with E-state index in [1.54, 1.807) is 6.20 Å². The minimum Gasteiger partial charge on any atom is -0.312 e. The molecule has 0 aromatic carbocycles. The van der Waals surface area contributed by atoms with Gasteiger partial charge in [-0.3, -0.25) is 9.88 Å². The van der Waals surface area contributed by atoms with Crippen LogP contribution in [0.15, 0.2) is 18.5 Å². The first-order valence-corrected chi connectivity index (χ1v) is 8.47. The molecule has 3 nitrogen and oxygen atoms in total. The highest BCUT2D eigenvalue weighted by atomic mass is 35.5. The van der Waals surface area contributed by atoms with Crippen molar-refractivity contribution in [2.45, 2.75) is 59.0 Å². The van der Waals surface area contributed by atoms with Crippen LogP contribution < -0.4 is 5.32 Å². The van der Waals surface area contributed by atoms with Crippen molar-refractivity contribution in [1.29, 1.82) is 0 Å². The predicted molar refractivity (Wildman–Crippen MR) is 92.0 cm³/mol. The first-order valence-electron chi connectivity index (χ1n) is 8.10. The van der Waals surface area contributed by atoms with E-state index in [9.17, 15) is 0 Å². The first kappa shape index (κ1) is 18.4. The van der Waals surface area contributed by atoms with Crippen LogP contribution in [0.2, 0.25) is 5.02 Å². The molecule has 0 saturated heterocycles. The molecule has 2 atom stereocenters. The van der Waals surface area contributed by atoms with Gasteiger partial charge in [-0.1, -0.05) is 39.3 Å². The minimum absolute atomic E-state index is 0.117. The summed E-state index contributed by atoms with van der Waals surface area (Å²) < 4.78 is 0. The zero-order valence-corrected chi connectivity index (χ0v) is 14.9. The van der Waals surface area contributed by atoms with Crippen molar-refractivity contribution in [3.05, 3.63) is 29.0 Å². The predicted octanol–water partition coefficient (Wildman–Crippen LogP) is 3.77. The van der Waals surface area contributed by atoms with Gasteiger partial charge in [-0.2, -0.15) is 0 Å². The van der Waals surface area contributed by atoms with Crippen LogP contribution in [-0.2, 0) is 6.42 Å². The molecular weight excluding hydrogens is 282 g/mol. The average Bonchev–Trinajstić information content (AvgIpc) is 2.49. The fourth-order valence-corrected chi connectivity index (χ4v) is 3.38. The van der Waals surface area contributed by atoms with E-state index < -0.39 is 0 Å². The van der Waals surface area contributed by atoms with Crippen molar-refractivity contribution in [3.8, 4) is 0 Å². The standard InChI is InChI=1S/C17H30ClN3/c1-6-17(5,21(8-3)9-4)16(20-7-2)12-14-10-11-19-13-15(14)18/h10-11,13,16,20H,6-9,12H2,1-5H3. The molecule has 0 saturated carbocycles. The summed E-state index contributed by atoms with van der Waals surface area (Å²) in [6, 6.07) is 2.40. The van der Waals surface area contributed by atoms with Crippen molar-refractivity contribution >= 4 is 11.6 Å². The first-order chi connectivity index (χ1) is 10.0. The smallest absolute Gasteiger partial charge is 0.0621 e. The third-order valence-corrected chi connectivity index (χ3v) is 5.02. The summed E-state index contributed by atoms with van der Waals surface area (Å²) in [6.07, 6.45) is 5.59. The number of nitrogens with one attached hydrogen (secondary N) is 1. The zero-order valence-electron chi connectivity index (χ0n) is 14.1. The fraction of sp³-hybridized carbons (Fsp3) is 0.706. The second kappa shape index (κ2) is 8.72. The Morgan fingerprint density at radius 1 is 1.29 bits per heavy atom. The van der Waals surface area contributed by atoms with Crippen LogP contribution in [-0.4, -0.2) is 41.1 Å². The van der Waals surface area contributed by atoms with E-state index >= 15 is 0 Å². The summed E-state index contributed by atoms with van der Waals surface area (Å²) >= 11 is 6.31. The topological polar surface area (TPSA) is 28.2 Å². The zero-order chi connectivity index (χ0) is 15.9. The molecular formula is C17H30ClN3. The average molecular weight is 312 g/mol. The molecule has 0 bridgehead atoms. The Balaban J connectivity index is 3.05. The number of aromatic nitrogens is 1. The molecule has 0 aliphatic carbocycles. The van der Waals surface area contributed by atoms with Gasteiger partial charge >= 0.3 is 0 Å². The third-order valence-electron chi connectivity index (χ3n) is 4.68. The molecule has 21 heavy (non-hydrogen) atoms. The van der Waals surface area contributed by atoms with Crippen LogP contribution in [0.1, 0.15) is 46.6 Å². The van der Waals surface area contributed by atoms with Gasteiger partial charge < -0.3 is 5.32 Å². The van der Waals surface area contributed by atoms with Gasteiger partial charge in [0.15, 0.2) is 0 Å². The Kier molecular flexibility index (Phi) is 7.64. The lowest BCUT2D eigenvalue weighted by Gasteiger charge is -2.46. The van der Waals surface area contributed by atoms with Crippen molar-refractivity contribution in [2.24, 2.45) is 0 Å². The van der Waals surface area contributed by atoms with Crippen LogP contribution in [0.3, 0.4) is 0 Å². The Bertz CT molecular complexity index is 420. The number of nitrogens with zero attached hydrogens (tertiary/aromatic N) is 2. The summed E-state index contributed by atoms with van der Waals surface area (Å²) in [4.78, 5) is 6.64. The number of hydrogen-bond acceptors (Lipinski definition) is 3. The Hall–Kier alpha value is -0.640.